The summed E-state index contributed by atoms with van der Waals surface area (Å²) >= 11 is 0. The Morgan fingerprint density at radius 2 is 1.85 bits per heavy atom. The Hall–Kier alpha value is -2.31. The number of alkyl halides is 3. The normalized spacial score (nSPS) is 11.4. The van der Waals surface area contributed by atoms with E-state index in [0.29, 0.717) is 11.6 Å². The summed E-state index contributed by atoms with van der Waals surface area (Å²) < 4.78 is 56.1. The number of hydrogen-bond donors (Lipinski definition) is 1. The number of aryl methyl sites for hydroxylation is 1. The smallest absolute Gasteiger partial charge is 0.433 e. The van der Waals surface area contributed by atoms with Crippen molar-refractivity contribution in [1.82, 2.24) is 4.98 Å². The van der Waals surface area contributed by atoms with E-state index in [9.17, 15) is 17.6 Å². The van der Waals surface area contributed by atoms with Crippen molar-refractivity contribution in [1.29, 1.82) is 0 Å². The van der Waals surface area contributed by atoms with Gasteiger partial charge >= 0.3 is 6.18 Å². The van der Waals surface area contributed by atoms with Crippen molar-refractivity contribution in [2.75, 3.05) is 5.73 Å². The quantitative estimate of drug-likeness (QED) is 0.851. The number of hydrogen-bond acceptors (Lipinski definition) is 3. The lowest BCUT2D eigenvalue weighted by molar-refractivity contribution is -0.141. The number of ether oxygens (including phenoxy) is 1. The van der Waals surface area contributed by atoms with Crippen LogP contribution < -0.4 is 10.5 Å². The van der Waals surface area contributed by atoms with Gasteiger partial charge in [0.2, 0.25) is 0 Å². The van der Waals surface area contributed by atoms with Gasteiger partial charge in [-0.15, -0.1) is 0 Å². The Balaban J connectivity index is 2.40. The number of nitrogens with zero attached hydrogens (tertiary/aromatic N) is 1. The van der Waals surface area contributed by atoms with Gasteiger partial charge in [0, 0.05) is 12.1 Å². The lowest BCUT2D eigenvalue weighted by Crippen LogP contribution is -2.08. The summed E-state index contributed by atoms with van der Waals surface area (Å²) in [5, 5.41) is 0. The van der Waals surface area contributed by atoms with Crippen LogP contribution in [0.15, 0.2) is 30.5 Å². The van der Waals surface area contributed by atoms with E-state index < -0.39 is 17.7 Å². The van der Waals surface area contributed by atoms with Gasteiger partial charge in [-0.1, -0.05) is 6.07 Å². The van der Waals surface area contributed by atoms with Gasteiger partial charge in [0.25, 0.3) is 0 Å². The molecule has 0 amide bonds. The number of halogens is 4. The summed E-state index contributed by atoms with van der Waals surface area (Å²) in [7, 11) is 0. The predicted octanol–water partition coefficient (Wildman–Crippen LogP) is 3.92. The molecule has 0 aliphatic heterocycles. The number of nitrogens with two attached hydrogens (primary N) is 1. The van der Waals surface area contributed by atoms with Gasteiger partial charge in [-0.2, -0.15) is 13.2 Å². The lowest BCUT2D eigenvalue weighted by atomic mass is 10.2. The van der Waals surface area contributed by atoms with Gasteiger partial charge in [-0.05, 0) is 18.6 Å². The van der Waals surface area contributed by atoms with E-state index in [-0.39, 0.29) is 17.2 Å². The molecule has 0 saturated carbocycles. The fraction of sp³-hybridized carbons (Fsp3) is 0.154. The number of anilines is 1. The zero-order valence-corrected chi connectivity index (χ0v) is 10.3. The molecule has 1 aromatic carbocycles. The predicted molar refractivity (Wildman–Crippen MR) is 64.9 cm³/mol. The van der Waals surface area contributed by atoms with Gasteiger partial charge in [-0.3, -0.25) is 0 Å². The third-order valence-corrected chi connectivity index (χ3v) is 2.56. The van der Waals surface area contributed by atoms with Crippen LogP contribution in [0.5, 0.6) is 11.5 Å². The first kappa shape index (κ1) is 14.1. The van der Waals surface area contributed by atoms with E-state index in [4.69, 9.17) is 10.5 Å². The number of pyridine rings is 1. The highest BCUT2D eigenvalue weighted by Gasteiger charge is 2.33. The number of aromatic nitrogens is 1. The molecule has 106 valence electrons. The van der Waals surface area contributed by atoms with Crippen molar-refractivity contribution >= 4 is 5.69 Å². The van der Waals surface area contributed by atoms with Crippen LogP contribution in [0.3, 0.4) is 0 Å². The molecule has 0 saturated heterocycles. The zero-order valence-electron chi connectivity index (χ0n) is 10.3. The molecule has 0 spiro atoms. The topological polar surface area (TPSA) is 48.1 Å². The first-order chi connectivity index (χ1) is 9.27. The Bertz CT molecular complexity index is 641. The Morgan fingerprint density at radius 3 is 2.50 bits per heavy atom. The van der Waals surface area contributed by atoms with Gasteiger partial charge in [-0.25, -0.2) is 9.37 Å². The van der Waals surface area contributed by atoms with E-state index in [1.807, 2.05) is 0 Å². The highest BCUT2D eigenvalue weighted by Crippen LogP contribution is 2.35. The third-order valence-electron chi connectivity index (χ3n) is 2.56. The first-order valence-corrected chi connectivity index (χ1v) is 5.54. The van der Waals surface area contributed by atoms with Gasteiger partial charge < -0.3 is 10.5 Å². The monoisotopic (exact) mass is 286 g/mol. The summed E-state index contributed by atoms with van der Waals surface area (Å²) in [4.78, 5) is 3.19. The van der Waals surface area contributed by atoms with E-state index >= 15 is 0 Å². The second-order valence-electron chi connectivity index (χ2n) is 4.12. The second-order valence-corrected chi connectivity index (χ2v) is 4.12. The van der Waals surface area contributed by atoms with Crippen molar-refractivity contribution in [2.24, 2.45) is 0 Å². The summed E-state index contributed by atoms with van der Waals surface area (Å²) in [6.45, 7) is 1.64. The van der Waals surface area contributed by atoms with Crippen LogP contribution in [0.4, 0.5) is 23.2 Å². The van der Waals surface area contributed by atoms with Crippen LogP contribution in [0, 0.1) is 12.7 Å². The molecule has 0 radical (unpaired) electrons. The van der Waals surface area contributed by atoms with Crippen LogP contribution in [0.25, 0.3) is 0 Å². The molecule has 0 atom stereocenters. The molecule has 7 heteroatoms. The first-order valence-electron chi connectivity index (χ1n) is 5.54. The van der Waals surface area contributed by atoms with Crippen molar-refractivity contribution in [2.45, 2.75) is 13.1 Å². The summed E-state index contributed by atoms with van der Waals surface area (Å²) in [5.74, 6) is -0.689. The van der Waals surface area contributed by atoms with E-state index in [1.165, 1.54) is 12.1 Å². The largest absolute Gasteiger partial charge is 0.455 e. The van der Waals surface area contributed by atoms with E-state index in [0.717, 1.165) is 12.3 Å². The lowest BCUT2D eigenvalue weighted by Gasteiger charge is -2.13. The van der Waals surface area contributed by atoms with Crippen LogP contribution >= 0.6 is 0 Å². The van der Waals surface area contributed by atoms with E-state index in [2.05, 4.69) is 4.98 Å². The number of benzene rings is 1. The summed E-state index contributed by atoms with van der Waals surface area (Å²) in [5.41, 5.74) is 4.89. The van der Waals surface area contributed by atoms with E-state index in [1.54, 1.807) is 6.92 Å². The average molecular weight is 286 g/mol. The zero-order chi connectivity index (χ0) is 14.9. The Labute approximate surface area is 112 Å². The molecular weight excluding hydrogens is 276 g/mol. The van der Waals surface area contributed by atoms with Crippen molar-refractivity contribution in [3.05, 3.63) is 47.5 Å². The van der Waals surface area contributed by atoms with Gasteiger partial charge in [0.15, 0.2) is 5.75 Å². The van der Waals surface area contributed by atoms with Crippen LogP contribution in [0.2, 0.25) is 0 Å². The Morgan fingerprint density at radius 1 is 1.15 bits per heavy atom. The standard InChI is InChI=1S/C13H10F4N2O/c1-7-2-3-8(14)4-10(7)20-11-5-12(13(15,16)17)19-6-9(11)18/h2-6H,18H2,1H3. The molecule has 2 N–H and O–H groups in total. The Kier molecular flexibility index (Phi) is 3.52. The molecule has 0 unspecified atom stereocenters. The van der Waals surface area contributed by atoms with Crippen LogP contribution in [0.1, 0.15) is 11.3 Å². The minimum absolute atomic E-state index is 0.0679. The molecule has 1 heterocycles. The maximum Gasteiger partial charge on any atom is 0.433 e. The summed E-state index contributed by atoms with van der Waals surface area (Å²) in [6.07, 6.45) is -3.75. The van der Waals surface area contributed by atoms with Gasteiger partial charge in [0.05, 0.1) is 11.9 Å². The second kappa shape index (κ2) is 4.99. The molecule has 0 aliphatic carbocycles. The number of rotatable bonds is 2. The fourth-order valence-corrected chi connectivity index (χ4v) is 1.49. The SMILES string of the molecule is Cc1ccc(F)cc1Oc1cc(C(F)(F)F)ncc1N. The van der Waals surface area contributed by atoms with Crippen LogP contribution in [-0.4, -0.2) is 4.98 Å². The maximum absolute atomic E-state index is 13.1. The summed E-state index contributed by atoms with van der Waals surface area (Å²) in [6, 6.07) is 4.42. The third kappa shape index (κ3) is 2.98. The molecule has 0 aliphatic rings. The van der Waals surface area contributed by atoms with Crippen molar-refractivity contribution < 1.29 is 22.3 Å². The highest BCUT2D eigenvalue weighted by molar-refractivity contribution is 5.53. The molecule has 20 heavy (non-hydrogen) atoms. The average Bonchev–Trinajstić information content (AvgIpc) is 2.35. The van der Waals surface area contributed by atoms with Gasteiger partial charge in [0.1, 0.15) is 17.3 Å². The van der Waals surface area contributed by atoms with Crippen LogP contribution in [-0.2, 0) is 6.18 Å². The minimum Gasteiger partial charge on any atom is -0.455 e. The molecule has 2 aromatic rings. The van der Waals surface area contributed by atoms with Crippen molar-refractivity contribution in [3.8, 4) is 11.5 Å². The number of nitrogen functional groups attached to an aromatic ring is 1. The molecule has 2 rings (SSSR count). The minimum atomic E-state index is -4.61. The molecular formula is C13H10F4N2O. The molecule has 3 nitrogen and oxygen atoms in total. The fourth-order valence-electron chi connectivity index (χ4n) is 1.49. The maximum atomic E-state index is 13.1. The van der Waals surface area contributed by atoms with Crippen molar-refractivity contribution in [3.63, 3.8) is 0 Å². The highest BCUT2D eigenvalue weighted by atomic mass is 19.4. The molecule has 0 fully saturated rings. The molecule has 0 bridgehead atoms. The molecule has 1 aromatic heterocycles.